The van der Waals surface area contributed by atoms with Crippen molar-refractivity contribution < 1.29 is 14.3 Å². The first-order valence-electron chi connectivity index (χ1n) is 6.42. The normalized spacial score (nSPS) is 26.0. The standard InChI is InChI=1S/C15H20O3/c1-9-6-12(18-8-9)7-11(3)13-5-4-10(2)14(16)15(13)17/h4,6,8,11,13,15,17H,5,7H2,1-3H3/t11-,13+,15+/m0/s1. The van der Waals surface area contributed by atoms with Crippen molar-refractivity contribution in [2.24, 2.45) is 11.8 Å². The second kappa shape index (κ2) is 5.11. The van der Waals surface area contributed by atoms with E-state index in [1.807, 2.05) is 19.1 Å². The quantitative estimate of drug-likeness (QED) is 0.894. The summed E-state index contributed by atoms with van der Waals surface area (Å²) in [5, 5.41) is 10.0. The van der Waals surface area contributed by atoms with Crippen molar-refractivity contribution in [3.05, 3.63) is 35.3 Å². The summed E-state index contributed by atoms with van der Waals surface area (Å²) in [6.07, 6.45) is 4.33. The fourth-order valence-corrected chi connectivity index (χ4v) is 2.58. The van der Waals surface area contributed by atoms with Gasteiger partial charge in [0.05, 0.1) is 6.26 Å². The molecule has 18 heavy (non-hydrogen) atoms. The van der Waals surface area contributed by atoms with Gasteiger partial charge in [-0.3, -0.25) is 4.79 Å². The summed E-state index contributed by atoms with van der Waals surface area (Å²) in [4.78, 5) is 11.8. The Balaban J connectivity index is 2.05. The number of aliphatic hydroxyl groups is 1. The van der Waals surface area contributed by atoms with Gasteiger partial charge in [0.25, 0.3) is 0 Å². The fourth-order valence-electron chi connectivity index (χ4n) is 2.58. The summed E-state index contributed by atoms with van der Waals surface area (Å²) in [6.45, 7) is 5.82. The molecule has 0 spiro atoms. The van der Waals surface area contributed by atoms with Crippen molar-refractivity contribution in [3.63, 3.8) is 0 Å². The number of furan rings is 1. The minimum Gasteiger partial charge on any atom is -0.469 e. The number of rotatable bonds is 3. The summed E-state index contributed by atoms with van der Waals surface area (Å²) in [5.41, 5.74) is 1.79. The molecule has 98 valence electrons. The Morgan fingerprint density at radius 3 is 2.83 bits per heavy atom. The number of aliphatic hydroxyl groups excluding tert-OH is 1. The van der Waals surface area contributed by atoms with Gasteiger partial charge < -0.3 is 9.52 Å². The average molecular weight is 248 g/mol. The molecule has 1 aliphatic rings. The van der Waals surface area contributed by atoms with E-state index in [4.69, 9.17) is 4.42 Å². The number of hydrogen-bond donors (Lipinski definition) is 1. The molecule has 1 heterocycles. The molecule has 1 N–H and O–H groups in total. The van der Waals surface area contributed by atoms with E-state index >= 15 is 0 Å². The maximum absolute atomic E-state index is 11.8. The number of ketones is 1. The molecule has 1 aromatic heterocycles. The summed E-state index contributed by atoms with van der Waals surface area (Å²) in [6, 6.07) is 2.01. The summed E-state index contributed by atoms with van der Waals surface area (Å²) < 4.78 is 5.43. The molecule has 0 unspecified atom stereocenters. The topological polar surface area (TPSA) is 50.4 Å². The van der Waals surface area contributed by atoms with Crippen LogP contribution < -0.4 is 0 Å². The third kappa shape index (κ3) is 2.56. The Labute approximate surface area is 108 Å². The second-order valence-corrected chi connectivity index (χ2v) is 5.37. The van der Waals surface area contributed by atoms with E-state index in [2.05, 4.69) is 6.92 Å². The molecule has 0 amide bonds. The molecule has 0 saturated heterocycles. The van der Waals surface area contributed by atoms with Gasteiger partial charge in [0.2, 0.25) is 0 Å². The molecule has 3 atom stereocenters. The Kier molecular flexibility index (Phi) is 3.71. The molecule has 0 bridgehead atoms. The Bertz CT molecular complexity index is 470. The zero-order valence-electron chi connectivity index (χ0n) is 11.1. The third-order valence-corrected chi connectivity index (χ3v) is 3.80. The van der Waals surface area contributed by atoms with Crippen LogP contribution in [0.1, 0.15) is 31.6 Å². The summed E-state index contributed by atoms with van der Waals surface area (Å²) in [7, 11) is 0. The lowest BCUT2D eigenvalue weighted by Gasteiger charge is -2.30. The minimum atomic E-state index is -0.860. The average Bonchev–Trinajstić information content (AvgIpc) is 2.71. The van der Waals surface area contributed by atoms with Crippen molar-refractivity contribution >= 4 is 5.78 Å². The van der Waals surface area contributed by atoms with Gasteiger partial charge in [0.15, 0.2) is 5.78 Å². The minimum absolute atomic E-state index is 0.00777. The molecule has 0 aromatic carbocycles. The maximum Gasteiger partial charge on any atom is 0.186 e. The van der Waals surface area contributed by atoms with Gasteiger partial charge in [-0.1, -0.05) is 13.0 Å². The maximum atomic E-state index is 11.8. The van der Waals surface area contributed by atoms with Crippen LogP contribution in [-0.2, 0) is 11.2 Å². The van der Waals surface area contributed by atoms with E-state index in [1.165, 1.54) is 0 Å². The summed E-state index contributed by atoms with van der Waals surface area (Å²) >= 11 is 0. The molecular weight excluding hydrogens is 228 g/mol. The highest BCUT2D eigenvalue weighted by molar-refractivity contribution is 5.99. The van der Waals surface area contributed by atoms with Gasteiger partial charge in [-0.2, -0.15) is 0 Å². The highest BCUT2D eigenvalue weighted by Gasteiger charge is 2.33. The number of carbonyl (C=O) groups excluding carboxylic acids is 1. The molecular formula is C15H20O3. The van der Waals surface area contributed by atoms with Crippen LogP contribution in [0.2, 0.25) is 0 Å². The predicted octanol–water partition coefficient (Wildman–Crippen LogP) is 2.66. The van der Waals surface area contributed by atoms with Crippen LogP contribution in [0.5, 0.6) is 0 Å². The first kappa shape index (κ1) is 13.1. The number of Topliss-reactive ketones (excluding diaryl/α,β-unsaturated/α-hetero) is 1. The largest absolute Gasteiger partial charge is 0.469 e. The van der Waals surface area contributed by atoms with Crippen LogP contribution in [0.3, 0.4) is 0 Å². The van der Waals surface area contributed by atoms with Crippen LogP contribution in [0.25, 0.3) is 0 Å². The molecule has 0 saturated carbocycles. The summed E-state index contributed by atoms with van der Waals surface area (Å²) in [5.74, 6) is 1.00. The molecule has 2 rings (SSSR count). The van der Waals surface area contributed by atoms with Crippen LogP contribution in [-0.4, -0.2) is 17.0 Å². The highest BCUT2D eigenvalue weighted by Crippen LogP contribution is 2.30. The van der Waals surface area contributed by atoms with E-state index in [1.54, 1.807) is 13.2 Å². The van der Waals surface area contributed by atoms with E-state index in [0.29, 0.717) is 5.57 Å². The van der Waals surface area contributed by atoms with E-state index in [-0.39, 0.29) is 17.6 Å². The van der Waals surface area contributed by atoms with Crippen molar-refractivity contribution in [3.8, 4) is 0 Å². The zero-order chi connectivity index (χ0) is 13.3. The van der Waals surface area contributed by atoms with E-state index < -0.39 is 6.10 Å². The lowest BCUT2D eigenvalue weighted by Crippen LogP contribution is -2.37. The Morgan fingerprint density at radius 2 is 2.22 bits per heavy atom. The first-order chi connectivity index (χ1) is 8.49. The first-order valence-corrected chi connectivity index (χ1v) is 6.42. The van der Waals surface area contributed by atoms with Gasteiger partial charge in [0.1, 0.15) is 11.9 Å². The van der Waals surface area contributed by atoms with Crippen LogP contribution >= 0.6 is 0 Å². The SMILES string of the molecule is CC1=CC[C@H]([C@@H](C)Cc2cc(C)co2)[C@@H](O)C1=O. The fraction of sp³-hybridized carbons (Fsp3) is 0.533. The van der Waals surface area contributed by atoms with E-state index in [0.717, 1.165) is 24.2 Å². The van der Waals surface area contributed by atoms with Crippen molar-refractivity contribution in [2.45, 2.75) is 39.7 Å². The highest BCUT2D eigenvalue weighted by atomic mass is 16.3. The van der Waals surface area contributed by atoms with E-state index in [9.17, 15) is 9.90 Å². The predicted molar refractivity (Wildman–Crippen MR) is 69.2 cm³/mol. The second-order valence-electron chi connectivity index (χ2n) is 5.37. The monoisotopic (exact) mass is 248 g/mol. The smallest absolute Gasteiger partial charge is 0.186 e. The lowest BCUT2D eigenvalue weighted by molar-refractivity contribution is -0.127. The molecule has 1 aromatic rings. The van der Waals surface area contributed by atoms with Gasteiger partial charge >= 0.3 is 0 Å². The number of hydrogen-bond acceptors (Lipinski definition) is 3. The van der Waals surface area contributed by atoms with Crippen LogP contribution in [0, 0.1) is 18.8 Å². The van der Waals surface area contributed by atoms with Gasteiger partial charge in [-0.05, 0) is 49.3 Å². The molecule has 1 aliphatic carbocycles. The number of carbonyl (C=O) groups is 1. The van der Waals surface area contributed by atoms with Crippen molar-refractivity contribution in [2.75, 3.05) is 0 Å². The van der Waals surface area contributed by atoms with Gasteiger partial charge in [-0.15, -0.1) is 0 Å². The molecule has 0 radical (unpaired) electrons. The van der Waals surface area contributed by atoms with Crippen molar-refractivity contribution in [1.29, 1.82) is 0 Å². The number of allylic oxidation sites excluding steroid dienone is 1. The van der Waals surface area contributed by atoms with Gasteiger partial charge in [-0.25, -0.2) is 0 Å². The molecule has 3 heteroatoms. The Hall–Kier alpha value is -1.35. The van der Waals surface area contributed by atoms with Crippen LogP contribution in [0.15, 0.2) is 28.4 Å². The van der Waals surface area contributed by atoms with Gasteiger partial charge in [0, 0.05) is 6.42 Å². The van der Waals surface area contributed by atoms with Crippen LogP contribution in [0.4, 0.5) is 0 Å². The van der Waals surface area contributed by atoms with Crippen molar-refractivity contribution in [1.82, 2.24) is 0 Å². The number of aryl methyl sites for hydroxylation is 1. The Morgan fingerprint density at radius 1 is 1.50 bits per heavy atom. The molecule has 0 fully saturated rings. The molecule has 0 aliphatic heterocycles. The molecule has 3 nitrogen and oxygen atoms in total. The third-order valence-electron chi connectivity index (χ3n) is 3.80. The zero-order valence-corrected chi connectivity index (χ0v) is 11.1. The lowest BCUT2D eigenvalue weighted by atomic mass is 9.77.